The van der Waals surface area contributed by atoms with Crippen LogP contribution in [0.4, 0.5) is 13.2 Å². The van der Waals surface area contributed by atoms with Gasteiger partial charge in [0.2, 0.25) is 0 Å². The zero-order valence-corrected chi connectivity index (χ0v) is 12.5. The van der Waals surface area contributed by atoms with Crippen LogP contribution < -0.4 is 0 Å². The van der Waals surface area contributed by atoms with E-state index in [1.165, 1.54) is 4.68 Å². The summed E-state index contributed by atoms with van der Waals surface area (Å²) in [5.74, 6) is 0.197. The van der Waals surface area contributed by atoms with Gasteiger partial charge in [-0.15, -0.1) is 0 Å². The summed E-state index contributed by atoms with van der Waals surface area (Å²) < 4.78 is 39.3. The maximum absolute atomic E-state index is 12.7. The lowest BCUT2D eigenvalue weighted by Gasteiger charge is -2.16. The summed E-state index contributed by atoms with van der Waals surface area (Å²) in [6.45, 7) is 4.10. The molecular formula is C15H16ClF3N2. The Kier molecular flexibility index (Phi) is 4.61. The molecular weight excluding hydrogens is 301 g/mol. The monoisotopic (exact) mass is 316 g/mol. The fourth-order valence-electron chi connectivity index (χ4n) is 2.32. The molecule has 0 spiro atoms. The van der Waals surface area contributed by atoms with Gasteiger partial charge in [-0.1, -0.05) is 31.9 Å². The van der Waals surface area contributed by atoms with E-state index in [4.69, 9.17) is 11.6 Å². The summed E-state index contributed by atoms with van der Waals surface area (Å²) in [4.78, 5) is 0. The summed E-state index contributed by atoms with van der Waals surface area (Å²) in [6, 6.07) is 5.16. The van der Waals surface area contributed by atoms with Crippen LogP contribution in [-0.2, 0) is 6.18 Å². The SMILES string of the molecule is CCCC(C)c1cc(Cl)ccc1-n1cc(C(F)(F)F)cn1. The van der Waals surface area contributed by atoms with Crippen molar-refractivity contribution in [3.63, 3.8) is 0 Å². The number of hydrogen-bond donors (Lipinski definition) is 0. The first-order chi connectivity index (χ1) is 9.82. The van der Waals surface area contributed by atoms with Crippen LogP contribution in [0.15, 0.2) is 30.6 Å². The molecule has 0 saturated heterocycles. The van der Waals surface area contributed by atoms with E-state index in [1.807, 2.05) is 6.92 Å². The maximum atomic E-state index is 12.7. The summed E-state index contributed by atoms with van der Waals surface area (Å²) in [5, 5.41) is 4.41. The van der Waals surface area contributed by atoms with Crippen molar-refractivity contribution < 1.29 is 13.2 Å². The summed E-state index contributed by atoms with van der Waals surface area (Å²) in [6.07, 6.45) is -0.630. The normalized spacial score (nSPS) is 13.4. The molecule has 0 aliphatic heterocycles. The average molecular weight is 317 g/mol. The molecule has 21 heavy (non-hydrogen) atoms. The van der Waals surface area contributed by atoms with E-state index in [9.17, 15) is 13.2 Å². The van der Waals surface area contributed by atoms with Crippen molar-refractivity contribution in [2.24, 2.45) is 0 Å². The number of nitrogens with zero attached hydrogens (tertiary/aromatic N) is 2. The van der Waals surface area contributed by atoms with Crippen molar-refractivity contribution in [1.82, 2.24) is 9.78 Å². The fraction of sp³-hybridized carbons (Fsp3) is 0.400. The van der Waals surface area contributed by atoms with Gasteiger partial charge in [0.1, 0.15) is 0 Å². The Morgan fingerprint density at radius 3 is 2.62 bits per heavy atom. The Balaban J connectivity index is 2.46. The molecule has 1 heterocycles. The highest BCUT2D eigenvalue weighted by atomic mass is 35.5. The number of aromatic nitrogens is 2. The lowest BCUT2D eigenvalue weighted by atomic mass is 9.95. The third-order valence-corrected chi connectivity index (χ3v) is 3.63. The molecule has 1 unspecified atom stereocenters. The third kappa shape index (κ3) is 3.59. The molecule has 0 fully saturated rings. The van der Waals surface area contributed by atoms with Crippen LogP contribution >= 0.6 is 11.6 Å². The van der Waals surface area contributed by atoms with Crippen LogP contribution in [0.25, 0.3) is 5.69 Å². The zero-order valence-electron chi connectivity index (χ0n) is 11.8. The minimum Gasteiger partial charge on any atom is -0.240 e. The number of benzene rings is 1. The first-order valence-corrected chi connectivity index (χ1v) is 7.12. The summed E-state index contributed by atoms with van der Waals surface area (Å²) in [7, 11) is 0. The molecule has 1 atom stereocenters. The van der Waals surface area contributed by atoms with Gasteiger partial charge in [-0.25, -0.2) is 4.68 Å². The molecule has 1 aromatic carbocycles. The highest BCUT2D eigenvalue weighted by Gasteiger charge is 2.32. The van der Waals surface area contributed by atoms with Crippen LogP contribution in [0, 0.1) is 0 Å². The largest absolute Gasteiger partial charge is 0.419 e. The van der Waals surface area contributed by atoms with Crippen LogP contribution in [0.3, 0.4) is 0 Å². The number of alkyl halides is 3. The van der Waals surface area contributed by atoms with Crippen molar-refractivity contribution in [3.05, 3.63) is 46.7 Å². The van der Waals surface area contributed by atoms with Crippen molar-refractivity contribution >= 4 is 11.6 Å². The van der Waals surface area contributed by atoms with Crippen molar-refractivity contribution in [3.8, 4) is 5.69 Å². The Hall–Kier alpha value is -1.49. The first-order valence-electron chi connectivity index (χ1n) is 6.74. The highest BCUT2D eigenvalue weighted by Crippen LogP contribution is 2.32. The second-order valence-corrected chi connectivity index (χ2v) is 5.50. The minimum absolute atomic E-state index is 0.197. The quantitative estimate of drug-likeness (QED) is 0.733. The molecule has 6 heteroatoms. The van der Waals surface area contributed by atoms with Crippen LogP contribution in [-0.4, -0.2) is 9.78 Å². The van der Waals surface area contributed by atoms with E-state index in [0.717, 1.165) is 30.8 Å². The topological polar surface area (TPSA) is 17.8 Å². The van der Waals surface area contributed by atoms with E-state index in [-0.39, 0.29) is 5.92 Å². The van der Waals surface area contributed by atoms with E-state index in [1.54, 1.807) is 18.2 Å². The molecule has 2 nitrogen and oxygen atoms in total. The average Bonchev–Trinajstić information content (AvgIpc) is 2.88. The van der Waals surface area contributed by atoms with Gasteiger partial charge in [0.05, 0.1) is 17.4 Å². The van der Waals surface area contributed by atoms with Gasteiger partial charge in [-0.05, 0) is 36.1 Å². The lowest BCUT2D eigenvalue weighted by molar-refractivity contribution is -0.137. The fourth-order valence-corrected chi connectivity index (χ4v) is 2.50. The van der Waals surface area contributed by atoms with Crippen LogP contribution in [0.1, 0.15) is 43.7 Å². The molecule has 0 bridgehead atoms. The van der Waals surface area contributed by atoms with Crippen molar-refractivity contribution in [1.29, 1.82) is 0 Å². The summed E-state index contributed by atoms with van der Waals surface area (Å²) in [5.41, 5.74) is 0.781. The summed E-state index contributed by atoms with van der Waals surface area (Å²) >= 11 is 6.02. The van der Waals surface area contributed by atoms with Gasteiger partial charge >= 0.3 is 6.18 Å². The Labute approximate surface area is 126 Å². The molecule has 0 aliphatic rings. The van der Waals surface area contributed by atoms with E-state index in [2.05, 4.69) is 12.0 Å². The van der Waals surface area contributed by atoms with E-state index < -0.39 is 11.7 Å². The third-order valence-electron chi connectivity index (χ3n) is 3.40. The zero-order chi connectivity index (χ0) is 15.6. The van der Waals surface area contributed by atoms with Gasteiger partial charge in [0.15, 0.2) is 0 Å². The molecule has 0 radical (unpaired) electrons. The van der Waals surface area contributed by atoms with Gasteiger partial charge in [0.25, 0.3) is 0 Å². The number of hydrogen-bond acceptors (Lipinski definition) is 1. The second-order valence-electron chi connectivity index (χ2n) is 5.06. The van der Waals surface area contributed by atoms with Crippen LogP contribution in [0.5, 0.6) is 0 Å². The van der Waals surface area contributed by atoms with Gasteiger partial charge in [0, 0.05) is 11.2 Å². The number of halogens is 4. The Morgan fingerprint density at radius 1 is 1.33 bits per heavy atom. The van der Waals surface area contributed by atoms with E-state index in [0.29, 0.717) is 10.7 Å². The van der Waals surface area contributed by atoms with Crippen molar-refractivity contribution in [2.75, 3.05) is 0 Å². The van der Waals surface area contributed by atoms with Gasteiger partial charge < -0.3 is 0 Å². The molecule has 2 rings (SSSR count). The smallest absolute Gasteiger partial charge is 0.240 e. The van der Waals surface area contributed by atoms with Crippen LogP contribution in [0.2, 0.25) is 5.02 Å². The molecule has 1 aromatic heterocycles. The molecule has 0 saturated carbocycles. The van der Waals surface area contributed by atoms with Gasteiger partial charge in [-0.3, -0.25) is 0 Å². The lowest BCUT2D eigenvalue weighted by Crippen LogP contribution is -2.05. The first kappa shape index (κ1) is 15.9. The predicted molar refractivity (Wildman–Crippen MR) is 76.9 cm³/mol. The molecule has 114 valence electrons. The molecule has 2 aromatic rings. The standard InChI is InChI=1S/C15H16ClF3N2/c1-3-4-10(2)13-7-12(16)5-6-14(13)21-9-11(8-20-21)15(17,18)19/h5-10H,3-4H2,1-2H3. The highest BCUT2D eigenvalue weighted by molar-refractivity contribution is 6.30. The van der Waals surface area contributed by atoms with Crippen molar-refractivity contribution in [2.45, 2.75) is 38.8 Å². The minimum atomic E-state index is -4.39. The molecule has 0 aliphatic carbocycles. The second kappa shape index (κ2) is 6.10. The molecule has 0 amide bonds. The van der Waals surface area contributed by atoms with Gasteiger partial charge in [-0.2, -0.15) is 18.3 Å². The molecule has 0 N–H and O–H groups in total. The predicted octanol–water partition coefficient (Wildman–Crippen LogP) is 5.45. The number of rotatable bonds is 4. The maximum Gasteiger partial charge on any atom is 0.419 e. The van der Waals surface area contributed by atoms with E-state index >= 15 is 0 Å². The Morgan fingerprint density at radius 2 is 2.05 bits per heavy atom. The Bertz CT molecular complexity index is 620.